The molecule has 1 N–H and O–H groups in total. The van der Waals surface area contributed by atoms with Gasteiger partial charge in [0.25, 0.3) is 5.91 Å². The number of ether oxygens (including phenoxy) is 1. The number of para-hydroxylation sites is 1. The van der Waals surface area contributed by atoms with Crippen LogP contribution in [-0.2, 0) is 25.5 Å². The normalized spacial score (nSPS) is 22.1. The van der Waals surface area contributed by atoms with E-state index in [2.05, 4.69) is 11.9 Å². The molecule has 0 saturated heterocycles. The van der Waals surface area contributed by atoms with Crippen LogP contribution in [0.4, 0.5) is 5.69 Å². The molecule has 3 rings (SSSR count). The van der Waals surface area contributed by atoms with Gasteiger partial charge in [0, 0.05) is 18.8 Å². The highest BCUT2D eigenvalue weighted by Crippen LogP contribution is 2.36. The van der Waals surface area contributed by atoms with Crippen LogP contribution in [0.2, 0.25) is 0 Å². The summed E-state index contributed by atoms with van der Waals surface area (Å²) in [5.41, 5.74) is 2.11. The Labute approximate surface area is 165 Å². The van der Waals surface area contributed by atoms with E-state index in [1.807, 2.05) is 29.2 Å². The van der Waals surface area contributed by atoms with Gasteiger partial charge in [-0.1, -0.05) is 37.1 Å². The quantitative estimate of drug-likeness (QED) is 0.604. The van der Waals surface area contributed by atoms with E-state index in [1.165, 1.54) is 5.56 Å². The molecule has 1 aromatic carbocycles. The van der Waals surface area contributed by atoms with Crippen LogP contribution in [0.15, 0.2) is 36.9 Å². The van der Waals surface area contributed by atoms with E-state index in [1.54, 1.807) is 13.0 Å². The van der Waals surface area contributed by atoms with Crippen LogP contribution < -0.4 is 10.2 Å². The summed E-state index contributed by atoms with van der Waals surface area (Å²) in [6.07, 6.45) is 4.61. The molecule has 28 heavy (non-hydrogen) atoms. The molecule has 1 saturated carbocycles. The Morgan fingerprint density at radius 1 is 1.25 bits per heavy atom. The Hall–Kier alpha value is -2.63. The number of rotatable bonds is 6. The fourth-order valence-corrected chi connectivity index (χ4v) is 4.11. The summed E-state index contributed by atoms with van der Waals surface area (Å²) in [6.45, 7) is 6.06. The standard InChI is InChI=1S/C22H28N2O4/c1-3-13-23-20(25)15(2)28-22(27)18-10-6-5-9-17(18)21(26)24-14-12-16-8-4-7-11-19(16)24/h3-4,7-8,11,15,17-18H,1,5-6,9-10,12-14H2,2H3,(H,23,25). The predicted molar refractivity (Wildman–Crippen MR) is 107 cm³/mol. The van der Waals surface area contributed by atoms with E-state index >= 15 is 0 Å². The first-order chi connectivity index (χ1) is 13.5. The van der Waals surface area contributed by atoms with Crippen molar-refractivity contribution in [2.45, 2.75) is 45.1 Å². The van der Waals surface area contributed by atoms with Gasteiger partial charge < -0.3 is 15.0 Å². The van der Waals surface area contributed by atoms with Gasteiger partial charge in [0.2, 0.25) is 5.91 Å². The van der Waals surface area contributed by atoms with Gasteiger partial charge in [0.15, 0.2) is 6.10 Å². The van der Waals surface area contributed by atoms with E-state index in [0.717, 1.165) is 24.9 Å². The van der Waals surface area contributed by atoms with Gasteiger partial charge in [-0.3, -0.25) is 14.4 Å². The van der Waals surface area contributed by atoms with Crippen LogP contribution in [0.5, 0.6) is 0 Å². The Morgan fingerprint density at radius 3 is 2.71 bits per heavy atom. The number of nitrogens with one attached hydrogen (secondary N) is 1. The topological polar surface area (TPSA) is 75.7 Å². The summed E-state index contributed by atoms with van der Waals surface area (Å²) in [4.78, 5) is 39.8. The molecule has 1 heterocycles. The van der Waals surface area contributed by atoms with Crippen molar-refractivity contribution in [3.05, 3.63) is 42.5 Å². The smallest absolute Gasteiger partial charge is 0.310 e. The molecule has 3 unspecified atom stereocenters. The van der Waals surface area contributed by atoms with Crippen molar-refractivity contribution in [1.29, 1.82) is 0 Å². The second-order valence-electron chi connectivity index (χ2n) is 7.48. The molecule has 1 aliphatic heterocycles. The van der Waals surface area contributed by atoms with Crippen LogP contribution in [0.3, 0.4) is 0 Å². The van der Waals surface area contributed by atoms with Crippen molar-refractivity contribution in [3.8, 4) is 0 Å². The molecule has 1 aromatic rings. The average Bonchev–Trinajstić information content (AvgIpc) is 3.15. The second kappa shape index (κ2) is 9.04. The number of nitrogens with zero attached hydrogens (tertiary/aromatic N) is 1. The third kappa shape index (κ3) is 4.26. The summed E-state index contributed by atoms with van der Waals surface area (Å²) in [5.74, 6) is -1.71. The highest BCUT2D eigenvalue weighted by atomic mass is 16.5. The lowest BCUT2D eigenvalue weighted by Gasteiger charge is -2.32. The lowest BCUT2D eigenvalue weighted by molar-refractivity contribution is -0.162. The third-order valence-corrected chi connectivity index (χ3v) is 5.62. The molecule has 0 bridgehead atoms. The molecule has 1 aliphatic carbocycles. The van der Waals surface area contributed by atoms with Crippen LogP contribution in [0.25, 0.3) is 0 Å². The number of carbonyl (C=O) groups is 3. The maximum absolute atomic E-state index is 13.3. The van der Waals surface area contributed by atoms with Crippen LogP contribution in [0, 0.1) is 11.8 Å². The molecule has 0 radical (unpaired) electrons. The van der Waals surface area contributed by atoms with Crippen molar-refractivity contribution in [1.82, 2.24) is 5.32 Å². The number of anilines is 1. The lowest BCUT2D eigenvalue weighted by Crippen LogP contribution is -2.44. The fourth-order valence-electron chi connectivity index (χ4n) is 4.11. The largest absolute Gasteiger partial charge is 0.452 e. The van der Waals surface area contributed by atoms with Gasteiger partial charge >= 0.3 is 5.97 Å². The average molecular weight is 384 g/mol. The first-order valence-corrected chi connectivity index (χ1v) is 10.0. The minimum atomic E-state index is -0.891. The van der Waals surface area contributed by atoms with Crippen LogP contribution >= 0.6 is 0 Å². The van der Waals surface area contributed by atoms with Crippen LogP contribution in [0.1, 0.15) is 38.2 Å². The van der Waals surface area contributed by atoms with Gasteiger partial charge in [-0.05, 0) is 37.8 Å². The van der Waals surface area contributed by atoms with Gasteiger partial charge in [0.1, 0.15) is 0 Å². The van der Waals surface area contributed by atoms with Crippen LogP contribution in [-0.4, -0.2) is 37.0 Å². The number of hydrogen-bond donors (Lipinski definition) is 1. The summed E-state index contributed by atoms with van der Waals surface area (Å²) < 4.78 is 5.41. The molecule has 6 nitrogen and oxygen atoms in total. The second-order valence-corrected chi connectivity index (χ2v) is 7.48. The predicted octanol–water partition coefficient (Wildman–Crippen LogP) is 2.62. The summed E-state index contributed by atoms with van der Waals surface area (Å²) >= 11 is 0. The fraction of sp³-hybridized carbons (Fsp3) is 0.500. The van der Waals surface area contributed by atoms with Crippen molar-refractivity contribution in [2.75, 3.05) is 18.0 Å². The monoisotopic (exact) mass is 384 g/mol. The maximum Gasteiger partial charge on any atom is 0.310 e. The number of esters is 1. The van der Waals surface area contributed by atoms with Gasteiger partial charge in [-0.2, -0.15) is 0 Å². The van der Waals surface area contributed by atoms with Gasteiger partial charge in [-0.15, -0.1) is 6.58 Å². The van der Waals surface area contributed by atoms with Crippen molar-refractivity contribution >= 4 is 23.5 Å². The lowest BCUT2D eigenvalue weighted by atomic mass is 9.78. The van der Waals surface area contributed by atoms with E-state index in [-0.39, 0.29) is 11.8 Å². The SMILES string of the molecule is C=CCNC(=O)C(C)OC(=O)C1CCCCC1C(=O)N1CCc2ccccc21. The molecule has 2 aliphatic rings. The Balaban J connectivity index is 1.68. The molecular weight excluding hydrogens is 356 g/mol. The molecule has 2 amide bonds. The van der Waals surface area contributed by atoms with E-state index in [4.69, 9.17) is 4.74 Å². The first kappa shape index (κ1) is 20.1. The van der Waals surface area contributed by atoms with Gasteiger partial charge in [-0.25, -0.2) is 0 Å². The van der Waals surface area contributed by atoms with Crippen molar-refractivity contribution in [3.63, 3.8) is 0 Å². The number of benzene rings is 1. The molecule has 6 heteroatoms. The van der Waals surface area contributed by atoms with Crippen molar-refractivity contribution < 1.29 is 19.1 Å². The zero-order valence-electron chi connectivity index (χ0n) is 16.4. The minimum Gasteiger partial charge on any atom is -0.452 e. The Bertz CT molecular complexity index is 761. The molecular formula is C22H28N2O4. The van der Waals surface area contributed by atoms with Gasteiger partial charge in [0.05, 0.1) is 11.8 Å². The Kier molecular flexibility index (Phi) is 6.49. The maximum atomic E-state index is 13.3. The first-order valence-electron chi connectivity index (χ1n) is 10.0. The summed E-state index contributed by atoms with van der Waals surface area (Å²) in [5, 5.41) is 2.62. The molecule has 0 spiro atoms. The summed E-state index contributed by atoms with van der Waals surface area (Å²) in [7, 11) is 0. The van der Waals surface area contributed by atoms with E-state index < -0.39 is 23.9 Å². The van der Waals surface area contributed by atoms with Crippen molar-refractivity contribution in [2.24, 2.45) is 11.8 Å². The van der Waals surface area contributed by atoms with E-state index in [9.17, 15) is 14.4 Å². The van der Waals surface area contributed by atoms with E-state index in [0.29, 0.717) is 25.9 Å². The third-order valence-electron chi connectivity index (χ3n) is 5.62. The molecule has 3 atom stereocenters. The zero-order chi connectivity index (χ0) is 20.1. The minimum absolute atomic E-state index is 0.00429. The number of amides is 2. The zero-order valence-corrected chi connectivity index (χ0v) is 16.4. The number of carbonyl (C=O) groups excluding carboxylic acids is 3. The summed E-state index contributed by atoms with van der Waals surface area (Å²) in [6, 6.07) is 7.91. The highest BCUT2D eigenvalue weighted by molar-refractivity contribution is 5.99. The number of hydrogen-bond acceptors (Lipinski definition) is 4. The molecule has 1 fully saturated rings. The Morgan fingerprint density at radius 2 is 1.96 bits per heavy atom. The highest BCUT2D eigenvalue weighted by Gasteiger charge is 2.41. The molecule has 0 aromatic heterocycles. The molecule has 150 valence electrons. The number of fused-ring (bicyclic) bond motifs is 1.